The first-order chi connectivity index (χ1) is 6.63. The molecule has 5 heteroatoms. The summed E-state index contributed by atoms with van der Waals surface area (Å²) in [5.74, 6) is 1.17. The second-order valence-electron chi connectivity index (χ2n) is 3.54. The molecule has 0 saturated heterocycles. The zero-order chi connectivity index (χ0) is 10.6. The van der Waals surface area contributed by atoms with Gasteiger partial charge >= 0.3 is 0 Å². The van der Waals surface area contributed by atoms with E-state index in [0.29, 0.717) is 5.92 Å². The Bertz CT molecular complexity index is 279. The van der Waals surface area contributed by atoms with Gasteiger partial charge in [0, 0.05) is 10.7 Å². The highest BCUT2D eigenvalue weighted by molar-refractivity contribution is 9.10. The molecule has 0 fully saturated rings. The van der Waals surface area contributed by atoms with E-state index in [1.165, 1.54) is 0 Å². The van der Waals surface area contributed by atoms with Gasteiger partial charge in [-0.2, -0.15) is 0 Å². The minimum Gasteiger partial charge on any atom is -0.394 e. The number of anilines is 1. The number of rotatable bonds is 4. The molecule has 1 heterocycles. The van der Waals surface area contributed by atoms with Crippen LogP contribution >= 0.6 is 28.3 Å². The summed E-state index contributed by atoms with van der Waals surface area (Å²) < 4.78 is 0.952. The maximum Gasteiger partial charge on any atom is 0.126 e. The molecule has 0 aromatic carbocycles. The average Bonchev–Trinajstić information content (AvgIpc) is 2.16. The second-order valence-corrected chi connectivity index (χ2v) is 4.45. The number of hydrogen-bond acceptors (Lipinski definition) is 3. The smallest absolute Gasteiger partial charge is 0.126 e. The van der Waals surface area contributed by atoms with Crippen molar-refractivity contribution in [2.45, 2.75) is 19.9 Å². The number of nitrogens with one attached hydrogen (secondary N) is 1. The molecule has 0 saturated carbocycles. The standard InChI is InChI=1S/C10H15BrN2O.ClH/c1-7(2)9(6-14)13-10-4-3-8(11)5-12-10;/h3-5,7,9,14H,6H2,1-2H3,(H,12,13);1H. The zero-order valence-corrected chi connectivity index (χ0v) is 11.2. The Morgan fingerprint density at radius 2 is 2.13 bits per heavy atom. The van der Waals surface area contributed by atoms with Crippen molar-refractivity contribution < 1.29 is 5.11 Å². The molecule has 0 bridgehead atoms. The minimum atomic E-state index is 0. The molecule has 0 aliphatic rings. The van der Waals surface area contributed by atoms with Gasteiger partial charge in [-0.3, -0.25) is 0 Å². The van der Waals surface area contributed by atoms with Crippen LogP contribution in [0.15, 0.2) is 22.8 Å². The predicted octanol–water partition coefficient (Wildman–Crippen LogP) is 2.69. The average molecular weight is 296 g/mol. The topological polar surface area (TPSA) is 45.1 Å². The summed E-state index contributed by atoms with van der Waals surface area (Å²) in [6, 6.07) is 3.86. The molecule has 15 heavy (non-hydrogen) atoms. The van der Waals surface area contributed by atoms with Crippen LogP contribution in [0.2, 0.25) is 0 Å². The van der Waals surface area contributed by atoms with Crippen molar-refractivity contribution in [2.75, 3.05) is 11.9 Å². The highest BCUT2D eigenvalue weighted by Crippen LogP contribution is 2.13. The number of nitrogens with zero attached hydrogens (tertiary/aromatic N) is 1. The zero-order valence-electron chi connectivity index (χ0n) is 8.77. The summed E-state index contributed by atoms with van der Waals surface area (Å²) in [7, 11) is 0. The maximum atomic E-state index is 9.11. The van der Waals surface area contributed by atoms with E-state index in [-0.39, 0.29) is 25.1 Å². The van der Waals surface area contributed by atoms with Gasteiger partial charge in [0.2, 0.25) is 0 Å². The van der Waals surface area contributed by atoms with Gasteiger partial charge in [0.15, 0.2) is 0 Å². The Kier molecular flexibility index (Phi) is 6.89. The Morgan fingerprint density at radius 3 is 2.53 bits per heavy atom. The van der Waals surface area contributed by atoms with Crippen molar-refractivity contribution in [3.63, 3.8) is 0 Å². The van der Waals surface area contributed by atoms with Crippen LogP contribution in [-0.2, 0) is 0 Å². The summed E-state index contributed by atoms with van der Waals surface area (Å²) in [5, 5.41) is 12.3. The van der Waals surface area contributed by atoms with Crippen molar-refractivity contribution in [1.82, 2.24) is 4.98 Å². The van der Waals surface area contributed by atoms with Gasteiger partial charge in [-0.25, -0.2) is 4.98 Å². The van der Waals surface area contributed by atoms with Crippen LogP contribution in [0.4, 0.5) is 5.82 Å². The van der Waals surface area contributed by atoms with Gasteiger partial charge in [-0.1, -0.05) is 13.8 Å². The molecular weight excluding hydrogens is 279 g/mol. The third-order valence-electron chi connectivity index (χ3n) is 2.06. The van der Waals surface area contributed by atoms with Crippen LogP contribution < -0.4 is 5.32 Å². The third-order valence-corrected chi connectivity index (χ3v) is 2.53. The summed E-state index contributed by atoms with van der Waals surface area (Å²) >= 11 is 3.32. The van der Waals surface area contributed by atoms with E-state index in [1.54, 1.807) is 6.20 Å². The Morgan fingerprint density at radius 1 is 1.47 bits per heavy atom. The summed E-state index contributed by atoms with van der Waals surface area (Å²) in [4.78, 5) is 4.18. The van der Waals surface area contributed by atoms with E-state index in [4.69, 9.17) is 5.11 Å². The number of aliphatic hydroxyl groups is 1. The predicted molar refractivity (Wildman–Crippen MR) is 68.5 cm³/mol. The van der Waals surface area contributed by atoms with Gasteiger partial charge < -0.3 is 10.4 Å². The molecule has 0 aliphatic heterocycles. The van der Waals surface area contributed by atoms with Gasteiger partial charge in [0.1, 0.15) is 5.82 Å². The molecule has 0 radical (unpaired) electrons. The molecule has 1 aromatic rings. The van der Waals surface area contributed by atoms with Gasteiger partial charge in [-0.05, 0) is 34.0 Å². The van der Waals surface area contributed by atoms with Crippen LogP contribution in [0, 0.1) is 5.92 Å². The number of aliphatic hydroxyl groups excluding tert-OH is 1. The lowest BCUT2D eigenvalue weighted by atomic mass is 10.1. The second kappa shape index (κ2) is 7.04. The lowest BCUT2D eigenvalue weighted by Gasteiger charge is -2.20. The van der Waals surface area contributed by atoms with Crippen LogP contribution in [0.1, 0.15) is 13.8 Å². The summed E-state index contributed by atoms with van der Waals surface area (Å²) in [6.45, 7) is 4.24. The molecule has 1 unspecified atom stereocenters. The summed E-state index contributed by atoms with van der Waals surface area (Å²) in [5.41, 5.74) is 0. The van der Waals surface area contributed by atoms with E-state index in [0.717, 1.165) is 10.3 Å². The highest BCUT2D eigenvalue weighted by Gasteiger charge is 2.11. The molecular formula is C10H16BrClN2O. The minimum absolute atomic E-state index is 0. The number of halogens is 2. The van der Waals surface area contributed by atoms with Gasteiger partial charge in [0.05, 0.1) is 12.6 Å². The van der Waals surface area contributed by atoms with Crippen LogP contribution in [-0.4, -0.2) is 22.7 Å². The van der Waals surface area contributed by atoms with E-state index < -0.39 is 0 Å². The Balaban J connectivity index is 0.00000196. The molecule has 3 nitrogen and oxygen atoms in total. The van der Waals surface area contributed by atoms with E-state index in [1.807, 2.05) is 12.1 Å². The number of aromatic nitrogens is 1. The SMILES string of the molecule is CC(C)C(CO)Nc1ccc(Br)cn1.Cl. The largest absolute Gasteiger partial charge is 0.394 e. The first-order valence-corrected chi connectivity index (χ1v) is 5.41. The first-order valence-electron chi connectivity index (χ1n) is 4.62. The van der Waals surface area contributed by atoms with Crippen molar-refractivity contribution in [3.05, 3.63) is 22.8 Å². The fraction of sp³-hybridized carbons (Fsp3) is 0.500. The fourth-order valence-corrected chi connectivity index (χ4v) is 1.31. The molecule has 0 spiro atoms. The van der Waals surface area contributed by atoms with E-state index >= 15 is 0 Å². The lowest BCUT2D eigenvalue weighted by molar-refractivity contribution is 0.249. The van der Waals surface area contributed by atoms with Crippen LogP contribution in [0.25, 0.3) is 0 Å². The monoisotopic (exact) mass is 294 g/mol. The van der Waals surface area contributed by atoms with Crippen LogP contribution in [0.3, 0.4) is 0 Å². The third kappa shape index (κ3) is 4.82. The van der Waals surface area contributed by atoms with Crippen molar-refractivity contribution in [1.29, 1.82) is 0 Å². The molecule has 2 N–H and O–H groups in total. The van der Waals surface area contributed by atoms with Gasteiger partial charge in [-0.15, -0.1) is 12.4 Å². The molecule has 0 aliphatic carbocycles. The van der Waals surface area contributed by atoms with Crippen molar-refractivity contribution in [3.8, 4) is 0 Å². The first kappa shape index (κ1) is 14.7. The normalized spacial score (nSPS) is 12.1. The van der Waals surface area contributed by atoms with E-state index in [9.17, 15) is 0 Å². The summed E-state index contributed by atoms with van der Waals surface area (Å²) in [6.07, 6.45) is 1.73. The molecule has 1 rings (SSSR count). The Labute approximate surface area is 105 Å². The van der Waals surface area contributed by atoms with Crippen molar-refractivity contribution in [2.24, 2.45) is 5.92 Å². The fourth-order valence-electron chi connectivity index (χ4n) is 1.07. The van der Waals surface area contributed by atoms with Crippen molar-refractivity contribution >= 4 is 34.2 Å². The molecule has 86 valence electrons. The van der Waals surface area contributed by atoms with Crippen LogP contribution in [0.5, 0.6) is 0 Å². The lowest BCUT2D eigenvalue weighted by Crippen LogP contribution is -2.29. The van der Waals surface area contributed by atoms with Gasteiger partial charge in [0.25, 0.3) is 0 Å². The number of hydrogen-bond donors (Lipinski definition) is 2. The van der Waals surface area contributed by atoms with E-state index in [2.05, 4.69) is 40.1 Å². The highest BCUT2D eigenvalue weighted by atomic mass is 79.9. The maximum absolute atomic E-state index is 9.11. The Hall–Kier alpha value is -0.320. The number of pyridine rings is 1. The molecule has 1 atom stereocenters. The molecule has 1 aromatic heterocycles. The quantitative estimate of drug-likeness (QED) is 0.898. The molecule has 0 amide bonds.